The molecule has 1 aromatic carbocycles. The number of nitrogens with zero attached hydrogens (tertiary/aromatic N) is 2. The molecule has 2 rings (SSSR count). The van der Waals surface area contributed by atoms with Gasteiger partial charge in [0.2, 0.25) is 0 Å². The van der Waals surface area contributed by atoms with E-state index in [1.165, 1.54) is 24.5 Å². The van der Waals surface area contributed by atoms with Crippen molar-refractivity contribution in [3.05, 3.63) is 35.2 Å². The molecule has 0 spiro atoms. The summed E-state index contributed by atoms with van der Waals surface area (Å²) >= 11 is 5.79. The van der Waals surface area contributed by atoms with Crippen LogP contribution < -0.4 is 0 Å². The quantitative estimate of drug-likeness (QED) is 0.699. The minimum Gasteiger partial charge on any atom is -0.236 e. The van der Waals surface area contributed by atoms with Crippen LogP contribution >= 0.6 is 11.6 Å². The van der Waals surface area contributed by atoms with Crippen molar-refractivity contribution in [1.82, 2.24) is 9.97 Å². The van der Waals surface area contributed by atoms with Gasteiger partial charge in [0.1, 0.15) is 11.5 Å². The zero-order valence-electron chi connectivity index (χ0n) is 7.84. The van der Waals surface area contributed by atoms with Crippen molar-refractivity contribution >= 4 is 22.5 Å². The normalized spacial score (nSPS) is 12.0. The summed E-state index contributed by atoms with van der Waals surface area (Å²) in [6.45, 7) is 0.844. The Bertz CT molecular complexity index is 508. The maximum atomic E-state index is 13.0. The highest BCUT2D eigenvalue weighted by Gasteiger charge is 2.24. The van der Waals surface area contributed by atoms with Gasteiger partial charge in [0.25, 0.3) is 5.92 Å². The van der Waals surface area contributed by atoms with Gasteiger partial charge in [0.05, 0.1) is 5.52 Å². The molecule has 0 amide bonds. The third kappa shape index (κ3) is 1.90. The molecule has 2 aromatic rings. The molecular formula is C10H7ClF2N2. The van der Waals surface area contributed by atoms with E-state index in [0.717, 1.165) is 6.92 Å². The highest BCUT2D eigenvalue weighted by atomic mass is 35.5. The molecule has 0 N–H and O–H groups in total. The summed E-state index contributed by atoms with van der Waals surface area (Å²) in [4.78, 5) is 7.65. The largest absolute Gasteiger partial charge is 0.270 e. The summed E-state index contributed by atoms with van der Waals surface area (Å²) in [6, 6.07) is 4.16. The van der Waals surface area contributed by atoms with E-state index in [9.17, 15) is 8.78 Å². The number of hydrogen-bond donors (Lipinski definition) is 0. The van der Waals surface area contributed by atoms with Crippen molar-refractivity contribution in [1.29, 1.82) is 0 Å². The van der Waals surface area contributed by atoms with Crippen molar-refractivity contribution in [2.45, 2.75) is 12.8 Å². The van der Waals surface area contributed by atoms with Crippen LogP contribution in [-0.2, 0) is 5.92 Å². The molecule has 0 unspecified atom stereocenters. The molecule has 0 fully saturated rings. The third-order valence-electron chi connectivity index (χ3n) is 2.09. The van der Waals surface area contributed by atoms with Crippen LogP contribution in [0, 0.1) is 0 Å². The zero-order chi connectivity index (χ0) is 11.1. The Morgan fingerprint density at radius 1 is 1.27 bits per heavy atom. The summed E-state index contributed by atoms with van der Waals surface area (Å²) in [6.07, 6.45) is 1.25. The Morgan fingerprint density at radius 3 is 2.67 bits per heavy atom. The van der Waals surface area contributed by atoms with Crippen LogP contribution in [0.5, 0.6) is 0 Å². The molecule has 2 nitrogen and oxygen atoms in total. The number of benzene rings is 1. The standard InChI is InChI=1S/C10H7ClF2N2/c1-10(12,13)6-2-3-7-8(4-6)14-5-15-9(7)11/h2-5H,1H3. The fraction of sp³-hybridized carbons (Fsp3) is 0.200. The topological polar surface area (TPSA) is 25.8 Å². The van der Waals surface area contributed by atoms with Gasteiger partial charge < -0.3 is 0 Å². The molecule has 15 heavy (non-hydrogen) atoms. The summed E-state index contributed by atoms with van der Waals surface area (Å²) in [5.74, 6) is -2.87. The lowest BCUT2D eigenvalue weighted by atomic mass is 10.1. The highest BCUT2D eigenvalue weighted by Crippen LogP contribution is 2.30. The number of fused-ring (bicyclic) bond motifs is 1. The van der Waals surface area contributed by atoms with E-state index in [4.69, 9.17) is 11.6 Å². The molecule has 5 heteroatoms. The molecule has 78 valence electrons. The van der Waals surface area contributed by atoms with E-state index in [1.54, 1.807) is 0 Å². The van der Waals surface area contributed by atoms with E-state index in [1.807, 2.05) is 0 Å². The minimum atomic E-state index is -2.87. The second kappa shape index (κ2) is 3.38. The second-order valence-electron chi connectivity index (χ2n) is 3.28. The molecule has 0 saturated heterocycles. The first kappa shape index (κ1) is 10.2. The number of rotatable bonds is 1. The average Bonchev–Trinajstić information content (AvgIpc) is 2.16. The van der Waals surface area contributed by atoms with E-state index in [0.29, 0.717) is 10.9 Å². The van der Waals surface area contributed by atoms with E-state index >= 15 is 0 Å². The third-order valence-corrected chi connectivity index (χ3v) is 2.40. The Hall–Kier alpha value is -1.29. The average molecular weight is 229 g/mol. The van der Waals surface area contributed by atoms with Crippen LogP contribution in [0.4, 0.5) is 8.78 Å². The Balaban J connectivity index is 2.68. The highest BCUT2D eigenvalue weighted by molar-refractivity contribution is 6.34. The Morgan fingerprint density at radius 2 is 2.00 bits per heavy atom. The van der Waals surface area contributed by atoms with Gasteiger partial charge in [-0.15, -0.1) is 0 Å². The lowest BCUT2D eigenvalue weighted by molar-refractivity contribution is 0.0176. The minimum absolute atomic E-state index is 0.0789. The first-order chi connectivity index (χ1) is 6.98. The molecule has 0 aliphatic carbocycles. The van der Waals surface area contributed by atoms with Crippen LogP contribution in [0.1, 0.15) is 12.5 Å². The predicted molar refractivity (Wildman–Crippen MR) is 54.1 cm³/mol. The molecular weight excluding hydrogens is 222 g/mol. The maximum Gasteiger partial charge on any atom is 0.270 e. The molecule has 1 heterocycles. The fourth-order valence-electron chi connectivity index (χ4n) is 1.30. The van der Waals surface area contributed by atoms with Crippen LogP contribution in [0.15, 0.2) is 24.5 Å². The molecule has 0 aliphatic rings. The maximum absolute atomic E-state index is 13.0. The summed E-state index contributed by atoms with van der Waals surface area (Å²) in [5.41, 5.74) is 0.346. The number of hydrogen-bond acceptors (Lipinski definition) is 2. The number of alkyl halides is 2. The van der Waals surface area contributed by atoms with Crippen LogP contribution in [0.25, 0.3) is 10.9 Å². The summed E-state index contributed by atoms with van der Waals surface area (Å²) in [7, 11) is 0. The molecule has 1 aromatic heterocycles. The molecule has 0 atom stereocenters. The van der Waals surface area contributed by atoms with Crippen molar-refractivity contribution in [2.75, 3.05) is 0 Å². The van der Waals surface area contributed by atoms with Crippen LogP contribution in [0.2, 0.25) is 5.15 Å². The predicted octanol–water partition coefficient (Wildman–Crippen LogP) is 3.39. The van der Waals surface area contributed by atoms with Crippen molar-refractivity contribution < 1.29 is 8.78 Å². The molecule has 0 aliphatic heterocycles. The first-order valence-corrected chi connectivity index (χ1v) is 4.65. The van der Waals surface area contributed by atoms with Crippen molar-refractivity contribution in [2.24, 2.45) is 0 Å². The van der Waals surface area contributed by atoms with Crippen LogP contribution in [-0.4, -0.2) is 9.97 Å². The van der Waals surface area contributed by atoms with Gasteiger partial charge in [0.15, 0.2) is 0 Å². The summed E-state index contributed by atoms with van der Waals surface area (Å²) in [5, 5.41) is 0.845. The fourth-order valence-corrected chi connectivity index (χ4v) is 1.50. The second-order valence-corrected chi connectivity index (χ2v) is 3.64. The zero-order valence-corrected chi connectivity index (χ0v) is 8.59. The van der Waals surface area contributed by atoms with Gasteiger partial charge >= 0.3 is 0 Å². The van der Waals surface area contributed by atoms with E-state index < -0.39 is 5.92 Å². The van der Waals surface area contributed by atoms with E-state index in [2.05, 4.69) is 9.97 Å². The molecule has 0 bridgehead atoms. The van der Waals surface area contributed by atoms with Gasteiger partial charge in [-0.3, -0.25) is 0 Å². The lowest BCUT2D eigenvalue weighted by Gasteiger charge is -2.10. The van der Waals surface area contributed by atoms with Crippen molar-refractivity contribution in [3.8, 4) is 0 Å². The Kier molecular flexibility index (Phi) is 2.31. The molecule has 0 saturated carbocycles. The monoisotopic (exact) mass is 228 g/mol. The summed E-state index contributed by atoms with van der Waals surface area (Å²) < 4.78 is 26.0. The number of aromatic nitrogens is 2. The van der Waals surface area contributed by atoms with Gasteiger partial charge in [-0.2, -0.15) is 0 Å². The Labute approximate surface area is 89.9 Å². The van der Waals surface area contributed by atoms with Crippen molar-refractivity contribution in [3.63, 3.8) is 0 Å². The van der Waals surface area contributed by atoms with Gasteiger partial charge in [-0.05, 0) is 12.1 Å². The van der Waals surface area contributed by atoms with Gasteiger partial charge in [-0.1, -0.05) is 17.7 Å². The lowest BCUT2D eigenvalue weighted by Crippen LogP contribution is -2.06. The first-order valence-electron chi connectivity index (χ1n) is 4.27. The van der Waals surface area contributed by atoms with Crippen LogP contribution in [0.3, 0.4) is 0 Å². The smallest absolute Gasteiger partial charge is 0.236 e. The van der Waals surface area contributed by atoms with Gasteiger partial charge in [-0.25, -0.2) is 18.7 Å². The number of halogens is 3. The molecule has 0 radical (unpaired) electrons. The van der Waals surface area contributed by atoms with E-state index in [-0.39, 0.29) is 10.7 Å². The van der Waals surface area contributed by atoms with Gasteiger partial charge in [0, 0.05) is 17.9 Å². The SMILES string of the molecule is CC(F)(F)c1ccc2c(Cl)ncnc2c1.